The highest BCUT2D eigenvalue weighted by molar-refractivity contribution is 6.32. The fraction of sp³-hybridized carbons (Fsp3) is 0.235. The average Bonchev–Trinajstić information content (AvgIpc) is 2.60. The highest BCUT2D eigenvalue weighted by Crippen LogP contribution is 2.30. The minimum absolute atomic E-state index is 0.0316. The van der Waals surface area contributed by atoms with E-state index in [0.717, 1.165) is 6.07 Å². The maximum Gasteiger partial charge on any atom is 0.573 e. The summed E-state index contributed by atoms with van der Waals surface area (Å²) in [5.74, 6) is -0.970. The lowest BCUT2D eigenvalue weighted by molar-refractivity contribution is -0.274. The Hall–Kier alpha value is -2.81. The molecule has 0 saturated carbocycles. The zero-order chi connectivity index (χ0) is 20.0. The van der Waals surface area contributed by atoms with Gasteiger partial charge >= 0.3 is 6.36 Å². The number of benzene rings is 1. The summed E-state index contributed by atoms with van der Waals surface area (Å²) in [6.07, 6.45) is -3.20. The van der Waals surface area contributed by atoms with Crippen LogP contribution < -0.4 is 15.4 Å². The van der Waals surface area contributed by atoms with Crippen molar-refractivity contribution in [3.8, 4) is 5.75 Å². The van der Waals surface area contributed by atoms with Crippen molar-refractivity contribution < 1.29 is 27.5 Å². The minimum Gasteiger partial charge on any atom is -0.404 e. The maximum atomic E-state index is 12.2. The highest BCUT2D eigenvalue weighted by Gasteiger charge is 2.32. The first-order chi connectivity index (χ1) is 12.7. The molecular weight excluding hydrogens is 387 g/mol. The monoisotopic (exact) mass is 401 g/mol. The van der Waals surface area contributed by atoms with Gasteiger partial charge in [0, 0.05) is 24.7 Å². The van der Waals surface area contributed by atoms with E-state index in [1.54, 1.807) is 6.92 Å². The van der Waals surface area contributed by atoms with Crippen LogP contribution in [0.2, 0.25) is 5.02 Å². The lowest BCUT2D eigenvalue weighted by Gasteiger charge is -2.12. The summed E-state index contributed by atoms with van der Waals surface area (Å²) in [6.45, 7) is 1.71. The molecule has 0 radical (unpaired) electrons. The summed E-state index contributed by atoms with van der Waals surface area (Å²) in [6, 6.07) is 6.57. The number of ether oxygens (including phenoxy) is 1. The number of nitrogens with one attached hydrogen (secondary N) is 2. The molecule has 0 aliphatic heterocycles. The molecule has 10 heteroatoms. The van der Waals surface area contributed by atoms with E-state index in [4.69, 9.17) is 11.6 Å². The van der Waals surface area contributed by atoms with E-state index in [0.29, 0.717) is 5.56 Å². The third-order valence-corrected chi connectivity index (χ3v) is 3.58. The molecule has 2 N–H and O–H groups in total. The number of hydrogen-bond donors (Lipinski definition) is 2. The van der Waals surface area contributed by atoms with Crippen LogP contribution in [-0.2, 0) is 11.3 Å². The Labute approximate surface area is 157 Å². The van der Waals surface area contributed by atoms with Gasteiger partial charge in [-0.1, -0.05) is 24.6 Å². The summed E-state index contributed by atoms with van der Waals surface area (Å²) in [5, 5.41) is 4.91. The number of carbonyl (C=O) groups is 2. The smallest absolute Gasteiger partial charge is 0.404 e. The van der Waals surface area contributed by atoms with Crippen molar-refractivity contribution >= 4 is 29.2 Å². The molecule has 0 atom stereocenters. The van der Waals surface area contributed by atoms with E-state index in [2.05, 4.69) is 20.4 Å². The number of amides is 2. The summed E-state index contributed by atoms with van der Waals surface area (Å²) in [5.41, 5.74) is 0.746. The minimum atomic E-state index is -4.84. The Morgan fingerprint density at radius 3 is 2.59 bits per heavy atom. The normalized spacial score (nSPS) is 11.0. The maximum absolute atomic E-state index is 12.2. The molecule has 0 aliphatic rings. The number of pyridine rings is 1. The zero-order valence-corrected chi connectivity index (χ0v) is 14.8. The molecule has 0 unspecified atom stereocenters. The lowest BCUT2D eigenvalue weighted by Crippen LogP contribution is -2.23. The van der Waals surface area contributed by atoms with Gasteiger partial charge in [-0.2, -0.15) is 0 Å². The third kappa shape index (κ3) is 6.45. The Morgan fingerprint density at radius 2 is 1.96 bits per heavy atom. The molecule has 2 rings (SSSR count). The molecular formula is C17H15ClF3N3O3. The number of nitrogens with zero attached hydrogens (tertiary/aromatic N) is 1. The molecule has 27 heavy (non-hydrogen) atoms. The van der Waals surface area contributed by atoms with Gasteiger partial charge in [0.2, 0.25) is 5.91 Å². The first-order valence-electron chi connectivity index (χ1n) is 7.76. The van der Waals surface area contributed by atoms with E-state index < -0.39 is 18.0 Å². The fourth-order valence-electron chi connectivity index (χ4n) is 2.02. The molecule has 0 aliphatic carbocycles. The number of halogens is 4. The van der Waals surface area contributed by atoms with Crippen LogP contribution in [0.5, 0.6) is 5.75 Å². The van der Waals surface area contributed by atoms with Crippen LogP contribution in [0.15, 0.2) is 36.5 Å². The zero-order valence-electron chi connectivity index (χ0n) is 14.1. The first-order valence-corrected chi connectivity index (χ1v) is 8.14. The van der Waals surface area contributed by atoms with Gasteiger partial charge in [0.05, 0.1) is 5.02 Å². The molecule has 0 fully saturated rings. The Balaban J connectivity index is 2.00. The van der Waals surface area contributed by atoms with Gasteiger partial charge < -0.3 is 15.4 Å². The second-order valence-corrected chi connectivity index (χ2v) is 5.73. The molecule has 1 aromatic carbocycles. The van der Waals surface area contributed by atoms with E-state index in [-0.39, 0.29) is 35.3 Å². The number of alkyl halides is 3. The van der Waals surface area contributed by atoms with Crippen molar-refractivity contribution in [1.29, 1.82) is 0 Å². The predicted molar refractivity (Wildman–Crippen MR) is 92.5 cm³/mol. The topological polar surface area (TPSA) is 80.3 Å². The van der Waals surface area contributed by atoms with Gasteiger partial charge in [0.25, 0.3) is 5.91 Å². The molecule has 1 aromatic heterocycles. The molecule has 2 amide bonds. The van der Waals surface area contributed by atoms with Crippen LogP contribution in [0.25, 0.3) is 0 Å². The van der Waals surface area contributed by atoms with E-state index in [1.165, 1.54) is 30.5 Å². The van der Waals surface area contributed by atoms with Crippen LogP contribution in [0.4, 0.5) is 19.0 Å². The van der Waals surface area contributed by atoms with E-state index in [9.17, 15) is 22.8 Å². The van der Waals surface area contributed by atoms with Gasteiger partial charge in [-0.05, 0) is 29.8 Å². The van der Waals surface area contributed by atoms with E-state index >= 15 is 0 Å². The first kappa shape index (κ1) is 20.5. The molecule has 1 heterocycles. The fourth-order valence-corrected chi connectivity index (χ4v) is 2.26. The van der Waals surface area contributed by atoms with Crippen LogP contribution in [0.3, 0.4) is 0 Å². The predicted octanol–water partition coefficient (Wildman–Crippen LogP) is 3.91. The third-order valence-electron chi connectivity index (χ3n) is 3.29. The summed E-state index contributed by atoms with van der Waals surface area (Å²) in [4.78, 5) is 27.5. The molecule has 0 saturated heterocycles. The largest absolute Gasteiger partial charge is 0.573 e. The number of carbonyl (C=O) groups excluding carboxylic acids is 2. The summed E-state index contributed by atoms with van der Waals surface area (Å²) < 4.78 is 40.5. The van der Waals surface area contributed by atoms with Gasteiger partial charge in [-0.25, -0.2) is 4.98 Å². The van der Waals surface area contributed by atoms with Crippen molar-refractivity contribution in [2.45, 2.75) is 26.3 Å². The SMILES string of the molecule is CCC(=O)Nc1cc(C(=O)NCc2ccc(OC(F)(F)F)c(Cl)c2)ccn1. The molecule has 0 bridgehead atoms. The molecule has 6 nitrogen and oxygen atoms in total. The molecule has 2 aromatic rings. The quantitative estimate of drug-likeness (QED) is 0.769. The van der Waals surface area contributed by atoms with Crippen molar-refractivity contribution in [1.82, 2.24) is 10.3 Å². The summed E-state index contributed by atoms with van der Waals surface area (Å²) >= 11 is 5.76. The Kier molecular flexibility index (Phi) is 6.62. The standard InChI is InChI=1S/C17H15ClF3N3O3/c1-2-15(25)24-14-8-11(5-6-22-14)16(26)23-9-10-3-4-13(12(18)7-10)27-17(19,20)21/h3-8H,2,9H2,1H3,(H,23,26)(H,22,24,25). The highest BCUT2D eigenvalue weighted by atomic mass is 35.5. The van der Waals surface area contributed by atoms with Gasteiger partial charge in [0.15, 0.2) is 0 Å². The van der Waals surface area contributed by atoms with Gasteiger partial charge in [-0.15, -0.1) is 13.2 Å². The molecule has 144 valence electrons. The van der Waals surface area contributed by atoms with Crippen molar-refractivity contribution in [2.24, 2.45) is 0 Å². The van der Waals surface area contributed by atoms with Crippen LogP contribution in [0.1, 0.15) is 29.3 Å². The van der Waals surface area contributed by atoms with Crippen LogP contribution in [-0.4, -0.2) is 23.2 Å². The number of hydrogen-bond acceptors (Lipinski definition) is 4. The molecule has 0 spiro atoms. The van der Waals surface area contributed by atoms with Gasteiger partial charge in [-0.3, -0.25) is 9.59 Å². The lowest BCUT2D eigenvalue weighted by atomic mass is 10.2. The average molecular weight is 402 g/mol. The van der Waals surface area contributed by atoms with Crippen molar-refractivity contribution in [2.75, 3.05) is 5.32 Å². The van der Waals surface area contributed by atoms with Gasteiger partial charge in [0.1, 0.15) is 11.6 Å². The summed E-state index contributed by atoms with van der Waals surface area (Å²) in [7, 11) is 0. The van der Waals surface area contributed by atoms with Crippen LogP contribution >= 0.6 is 11.6 Å². The second-order valence-electron chi connectivity index (χ2n) is 5.33. The number of rotatable bonds is 6. The van der Waals surface area contributed by atoms with Crippen molar-refractivity contribution in [3.63, 3.8) is 0 Å². The van der Waals surface area contributed by atoms with Crippen LogP contribution in [0, 0.1) is 0 Å². The van der Waals surface area contributed by atoms with Crippen molar-refractivity contribution in [3.05, 3.63) is 52.7 Å². The Morgan fingerprint density at radius 1 is 1.22 bits per heavy atom. The number of aromatic nitrogens is 1. The number of anilines is 1. The van der Waals surface area contributed by atoms with E-state index in [1.807, 2.05) is 0 Å². The second kappa shape index (κ2) is 8.72. The Bertz CT molecular complexity index is 844.